The molecule has 0 saturated carbocycles. The summed E-state index contributed by atoms with van der Waals surface area (Å²) >= 11 is 0. The number of carbonyl (C=O) groups is 2. The van der Waals surface area contributed by atoms with Crippen molar-refractivity contribution in [3.63, 3.8) is 0 Å². The molecular formula is C24H28N2O6S. The molecule has 0 aliphatic carbocycles. The number of ether oxygens (including phenoxy) is 2. The van der Waals surface area contributed by atoms with Gasteiger partial charge >= 0.3 is 5.97 Å². The molecular weight excluding hydrogens is 444 g/mol. The van der Waals surface area contributed by atoms with E-state index in [-0.39, 0.29) is 30.1 Å². The van der Waals surface area contributed by atoms with Gasteiger partial charge < -0.3 is 14.4 Å². The molecule has 0 N–H and O–H groups in total. The minimum absolute atomic E-state index is 0.0944. The molecule has 2 aliphatic rings. The van der Waals surface area contributed by atoms with Crippen molar-refractivity contribution in [3.8, 4) is 5.75 Å². The number of sulfonamides is 1. The van der Waals surface area contributed by atoms with Gasteiger partial charge in [0.1, 0.15) is 5.75 Å². The van der Waals surface area contributed by atoms with Crippen LogP contribution in [-0.2, 0) is 30.1 Å². The minimum Gasteiger partial charge on any atom is -0.476 e. The number of hydrogen-bond donors (Lipinski definition) is 0. The molecule has 4 rings (SSSR count). The predicted molar refractivity (Wildman–Crippen MR) is 123 cm³/mol. The van der Waals surface area contributed by atoms with E-state index in [0.717, 1.165) is 0 Å². The number of para-hydroxylation sites is 2. The molecule has 1 atom stereocenters. The van der Waals surface area contributed by atoms with Crippen LogP contribution in [0.1, 0.15) is 25.3 Å². The Morgan fingerprint density at radius 1 is 1.03 bits per heavy atom. The van der Waals surface area contributed by atoms with Gasteiger partial charge in [0.15, 0.2) is 6.10 Å². The van der Waals surface area contributed by atoms with Crippen LogP contribution < -0.4 is 9.04 Å². The number of likely N-dealkylation sites (tertiary alicyclic amines) is 1. The smallest absolute Gasteiger partial charge is 0.309 e. The van der Waals surface area contributed by atoms with E-state index in [1.165, 1.54) is 4.31 Å². The third-order valence-corrected chi connectivity index (χ3v) is 7.68. The topological polar surface area (TPSA) is 93.2 Å². The highest BCUT2D eigenvalue weighted by atomic mass is 32.2. The highest BCUT2D eigenvalue weighted by molar-refractivity contribution is 7.92. The average Bonchev–Trinajstić information content (AvgIpc) is 2.83. The Morgan fingerprint density at radius 2 is 1.70 bits per heavy atom. The normalized spacial score (nSPS) is 18.9. The standard InChI is InChI=1S/C24H28N2O6S/c1-2-31-24(28)19-12-14-25(15-13-19)23(27)22-16-26(20-10-6-7-11-21(20)32-22)33(29,30)17-18-8-4-3-5-9-18/h3-11,19,22H,2,12-17H2,1H3/t22-/m1/s1. The van der Waals surface area contributed by atoms with E-state index in [1.807, 2.05) is 6.07 Å². The number of esters is 1. The zero-order valence-corrected chi connectivity index (χ0v) is 19.4. The first-order valence-electron chi connectivity index (χ1n) is 11.1. The summed E-state index contributed by atoms with van der Waals surface area (Å²) in [6.07, 6.45) is 0.0814. The van der Waals surface area contributed by atoms with Crippen LogP contribution in [0.15, 0.2) is 54.6 Å². The lowest BCUT2D eigenvalue weighted by atomic mass is 9.96. The van der Waals surface area contributed by atoms with Crippen molar-refractivity contribution in [1.82, 2.24) is 4.90 Å². The maximum atomic E-state index is 13.3. The van der Waals surface area contributed by atoms with E-state index in [4.69, 9.17) is 9.47 Å². The van der Waals surface area contributed by atoms with Crippen LogP contribution in [0.4, 0.5) is 5.69 Å². The average molecular weight is 473 g/mol. The summed E-state index contributed by atoms with van der Waals surface area (Å²) in [5.41, 5.74) is 1.10. The lowest BCUT2D eigenvalue weighted by Gasteiger charge is -2.38. The number of benzene rings is 2. The Balaban J connectivity index is 1.51. The van der Waals surface area contributed by atoms with Crippen molar-refractivity contribution in [2.45, 2.75) is 31.6 Å². The zero-order chi connectivity index (χ0) is 23.4. The fourth-order valence-corrected chi connectivity index (χ4v) is 5.84. The Morgan fingerprint density at radius 3 is 2.39 bits per heavy atom. The summed E-state index contributed by atoms with van der Waals surface area (Å²) in [6.45, 7) is 2.82. The van der Waals surface area contributed by atoms with Crippen molar-refractivity contribution in [3.05, 3.63) is 60.2 Å². The number of fused-ring (bicyclic) bond motifs is 1. The van der Waals surface area contributed by atoms with E-state index in [1.54, 1.807) is 60.4 Å². The lowest BCUT2D eigenvalue weighted by molar-refractivity contribution is -0.152. The number of rotatable bonds is 6. The molecule has 2 heterocycles. The van der Waals surface area contributed by atoms with Gasteiger partial charge in [-0.05, 0) is 37.5 Å². The predicted octanol–water partition coefficient (Wildman–Crippen LogP) is 2.59. The molecule has 1 saturated heterocycles. The van der Waals surface area contributed by atoms with Crippen LogP contribution in [-0.4, -0.2) is 57.5 Å². The van der Waals surface area contributed by atoms with Crippen molar-refractivity contribution in [2.24, 2.45) is 5.92 Å². The highest BCUT2D eigenvalue weighted by Crippen LogP contribution is 2.36. The molecule has 0 spiro atoms. The molecule has 9 heteroatoms. The maximum absolute atomic E-state index is 13.3. The Hall–Kier alpha value is -3.07. The number of carbonyl (C=O) groups excluding carboxylic acids is 2. The molecule has 8 nitrogen and oxygen atoms in total. The quantitative estimate of drug-likeness (QED) is 0.600. The molecule has 33 heavy (non-hydrogen) atoms. The molecule has 0 unspecified atom stereocenters. The third kappa shape index (κ3) is 5.13. The zero-order valence-electron chi connectivity index (χ0n) is 18.6. The van der Waals surface area contributed by atoms with Gasteiger partial charge in [0.25, 0.3) is 5.91 Å². The van der Waals surface area contributed by atoms with E-state index in [2.05, 4.69) is 0 Å². The minimum atomic E-state index is -3.75. The summed E-state index contributed by atoms with van der Waals surface area (Å²) in [5, 5.41) is 0. The van der Waals surface area contributed by atoms with Gasteiger partial charge in [-0.3, -0.25) is 13.9 Å². The van der Waals surface area contributed by atoms with Gasteiger partial charge in [0.2, 0.25) is 10.0 Å². The summed E-state index contributed by atoms with van der Waals surface area (Å²) in [6, 6.07) is 15.8. The molecule has 2 aromatic carbocycles. The van der Waals surface area contributed by atoms with Gasteiger partial charge in [0, 0.05) is 13.1 Å². The second kappa shape index (κ2) is 9.82. The Bertz CT molecular complexity index is 1100. The first-order valence-corrected chi connectivity index (χ1v) is 12.8. The van der Waals surface area contributed by atoms with Crippen LogP contribution in [0.5, 0.6) is 5.75 Å². The van der Waals surface area contributed by atoms with Crippen LogP contribution >= 0.6 is 0 Å². The molecule has 2 aliphatic heterocycles. The van der Waals surface area contributed by atoms with Crippen LogP contribution in [0.25, 0.3) is 0 Å². The molecule has 0 radical (unpaired) electrons. The van der Waals surface area contributed by atoms with Crippen LogP contribution in [0.2, 0.25) is 0 Å². The van der Waals surface area contributed by atoms with Gasteiger partial charge in [-0.25, -0.2) is 8.42 Å². The first-order chi connectivity index (χ1) is 15.9. The molecule has 2 aromatic rings. The summed E-state index contributed by atoms with van der Waals surface area (Å²) in [7, 11) is -3.75. The van der Waals surface area contributed by atoms with Gasteiger partial charge in [0.05, 0.1) is 30.5 Å². The number of piperidine rings is 1. The van der Waals surface area contributed by atoms with E-state index >= 15 is 0 Å². The third-order valence-electron chi connectivity index (χ3n) is 5.96. The molecule has 1 fully saturated rings. The summed E-state index contributed by atoms with van der Waals surface area (Å²) in [4.78, 5) is 26.9. The van der Waals surface area contributed by atoms with Gasteiger partial charge in [-0.1, -0.05) is 42.5 Å². The van der Waals surface area contributed by atoms with Crippen LogP contribution in [0, 0.1) is 5.92 Å². The molecule has 0 aromatic heterocycles. The number of amides is 1. The van der Waals surface area contributed by atoms with E-state index < -0.39 is 16.1 Å². The van der Waals surface area contributed by atoms with E-state index in [9.17, 15) is 18.0 Å². The highest BCUT2D eigenvalue weighted by Gasteiger charge is 2.39. The lowest BCUT2D eigenvalue weighted by Crippen LogP contribution is -2.53. The van der Waals surface area contributed by atoms with Crippen molar-refractivity contribution in [1.29, 1.82) is 0 Å². The van der Waals surface area contributed by atoms with Crippen molar-refractivity contribution < 1.29 is 27.5 Å². The van der Waals surface area contributed by atoms with Crippen molar-refractivity contribution >= 4 is 27.6 Å². The SMILES string of the molecule is CCOC(=O)C1CCN(C(=O)[C@H]2CN(S(=O)(=O)Cc3ccccc3)c3ccccc3O2)CC1. The molecule has 0 bridgehead atoms. The first kappa shape index (κ1) is 23.1. The maximum Gasteiger partial charge on any atom is 0.309 e. The van der Waals surface area contributed by atoms with Crippen molar-refractivity contribution in [2.75, 3.05) is 30.5 Å². The Kier molecular flexibility index (Phi) is 6.88. The number of nitrogens with zero attached hydrogens (tertiary/aromatic N) is 2. The summed E-state index contributed by atoms with van der Waals surface area (Å²) in [5.74, 6) is -0.532. The van der Waals surface area contributed by atoms with Gasteiger partial charge in [-0.2, -0.15) is 0 Å². The molecule has 1 amide bonds. The second-order valence-corrected chi connectivity index (χ2v) is 10.1. The monoisotopic (exact) mass is 472 g/mol. The summed E-state index contributed by atoms with van der Waals surface area (Å²) < 4.78 is 39.0. The second-order valence-electron chi connectivity index (χ2n) is 8.20. The molecule has 176 valence electrons. The number of anilines is 1. The van der Waals surface area contributed by atoms with Crippen LogP contribution in [0.3, 0.4) is 0 Å². The fourth-order valence-electron chi connectivity index (χ4n) is 4.26. The largest absolute Gasteiger partial charge is 0.476 e. The van der Waals surface area contributed by atoms with Gasteiger partial charge in [-0.15, -0.1) is 0 Å². The Labute approximate surface area is 194 Å². The fraction of sp³-hybridized carbons (Fsp3) is 0.417. The number of hydrogen-bond acceptors (Lipinski definition) is 6. The van der Waals surface area contributed by atoms with E-state index in [0.29, 0.717) is 49.5 Å².